The van der Waals surface area contributed by atoms with Crippen molar-refractivity contribution in [1.82, 2.24) is 5.32 Å². The van der Waals surface area contributed by atoms with E-state index >= 15 is 0 Å². The van der Waals surface area contributed by atoms with Crippen LogP contribution in [0, 0.1) is 6.92 Å². The zero-order valence-electron chi connectivity index (χ0n) is 10.5. The van der Waals surface area contributed by atoms with Gasteiger partial charge in [0.1, 0.15) is 11.5 Å². The van der Waals surface area contributed by atoms with E-state index in [4.69, 9.17) is 4.74 Å². The van der Waals surface area contributed by atoms with Crippen molar-refractivity contribution in [2.24, 2.45) is 0 Å². The van der Waals surface area contributed by atoms with Crippen LogP contribution in [-0.2, 0) is 6.54 Å². The number of para-hydroxylation sites is 1. The number of rotatable bonds is 4. The normalized spacial score (nSPS) is 10.4. The Hall–Kier alpha value is -1.32. The highest BCUT2D eigenvalue weighted by molar-refractivity contribution is 9.10. The van der Waals surface area contributed by atoms with E-state index in [-0.39, 0.29) is 0 Å². The first kappa shape index (κ1) is 13.1. The molecule has 94 valence electrons. The maximum atomic E-state index is 5.91. The Bertz CT molecular complexity index is 540. The van der Waals surface area contributed by atoms with Gasteiger partial charge in [-0.1, -0.05) is 24.3 Å². The quantitative estimate of drug-likeness (QED) is 0.911. The monoisotopic (exact) mass is 305 g/mol. The van der Waals surface area contributed by atoms with E-state index in [1.807, 2.05) is 37.4 Å². The molecule has 2 aromatic rings. The minimum absolute atomic E-state index is 0.835. The summed E-state index contributed by atoms with van der Waals surface area (Å²) in [6.07, 6.45) is 0. The zero-order valence-corrected chi connectivity index (χ0v) is 12.1. The molecule has 3 heteroatoms. The van der Waals surface area contributed by atoms with Gasteiger partial charge in [-0.3, -0.25) is 0 Å². The van der Waals surface area contributed by atoms with E-state index in [9.17, 15) is 0 Å². The number of hydrogen-bond acceptors (Lipinski definition) is 2. The molecule has 0 unspecified atom stereocenters. The van der Waals surface area contributed by atoms with E-state index in [0.29, 0.717) is 0 Å². The molecule has 0 radical (unpaired) electrons. The second kappa shape index (κ2) is 6.03. The Morgan fingerprint density at radius 3 is 2.56 bits per heavy atom. The van der Waals surface area contributed by atoms with Gasteiger partial charge in [0.15, 0.2) is 0 Å². The lowest BCUT2D eigenvalue weighted by atomic mass is 10.1. The minimum atomic E-state index is 0.835. The van der Waals surface area contributed by atoms with E-state index in [1.165, 1.54) is 5.56 Å². The van der Waals surface area contributed by atoms with Crippen LogP contribution in [0.25, 0.3) is 0 Å². The van der Waals surface area contributed by atoms with Crippen LogP contribution in [0.15, 0.2) is 46.9 Å². The van der Waals surface area contributed by atoms with Crippen molar-refractivity contribution in [3.63, 3.8) is 0 Å². The van der Waals surface area contributed by atoms with Gasteiger partial charge < -0.3 is 10.1 Å². The number of hydrogen-bond donors (Lipinski definition) is 1. The molecule has 0 aliphatic carbocycles. The highest BCUT2D eigenvalue weighted by atomic mass is 79.9. The summed E-state index contributed by atoms with van der Waals surface area (Å²) in [5.41, 5.74) is 2.40. The Morgan fingerprint density at radius 2 is 1.89 bits per heavy atom. The number of ether oxygens (including phenoxy) is 1. The van der Waals surface area contributed by atoms with Crippen LogP contribution in [0.3, 0.4) is 0 Å². The van der Waals surface area contributed by atoms with Crippen molar-refractivity contribution in [1.29, 1.82) is 0 Å². The molecule has 1 N–H and O–H groups in total. The molecule has 0 fully saturated rings. The molecular weight excluding hydrogens is 290 g/mol. The molecule has 0 aliphatic heterocycles. The van der Waals surface area contributed by atoms with Gasteiger partial charge in [0.2, 0.25) is 0 Å². The summed E-state index contributed by atoms with van der Waals surface area (Å²) >= 11 is 3.48. The van der Waals surface area contributed by atoms with Crippen LogP contribution in [0.1, 0.15) is 11.1 Å². The Labute approximate surface area is 116 Å². The first-order valence-electron chi connectivity index (χ1n) is 5.87. The first-order valence-corrected chi connectivity index (χ1v) is 6.66. The standard InChI is InChI=1S/C15H16BrNO/c1-11-9-12(10-17-2)7-8-14(11)18-15-6-4-3-5-13(15)16/h3-9,17H,10H2,1-2H3. The van der Waals surface area contributed by atoms with E-state index < -0.39 is 0 Å². The lowest BCUT2D eigenvalue weighted by molar-refractivity contribution is 0.475. The van der Waals surface area contributed by atoms with Crippen molar-refractivity contribution in [2.75, 3.05) is 7.05 Å². The minimum Gasteiger partial charge on any atom is -0.456 e. The highest BCUT2D eigenvalue weighted by Gasteiger charge is 2.05. The van der Waals surface area contributed by atoms with Crippen LogP contribution in [0.5, 0.6) is 11.5 Å². The summed E-state index contributed by atoms with van der Waals surface area (Å²) < 4.78 is 6.87. The van der Waals surface area contributed by atoms with E-state index in [2.05, 4.69) is 40.3 Å². The molecule has 2 aromatic carbocycles. The molecule has 0 aliphatic rings. The van der Waals surface area contributed by atoms with Gasteiger partial charge in [0.25, 0.3) is 0 Å². The molecule has 2 rings (SSSR count). The van der Waals surface area contributed by atoms with E-state index in [0.717, 1.165) is 28.1 Å². The molecule has 18 heavy (non-hydrogen) atoms. The summed E-state index contributed by atoms with van der Waals surface area (Å²) in [5, 5.41) is 3.14. The molecule has 0 spiro atoms. The molecule has 0 aromatic heterocycles. The summed E-state index contributed by atoms with van der Waals surface area (Å²) in [5.74, 6) is 1.73. The molecule has 0 heterocycles. The zero-order chi connectivity index (χ0) is 13.0. The first-order chi connectivity index (χ1) is 8.70. The highest BCUT2D eigenvalue weighted by Crippen LogP contribution is 2.31. The van der Waals surface area contributed by atoms with Gasteiger partial charge in [-0.2, -0.15) is 0 Å². The maximum absolute atomic E-state index is 5.91. The SMILES string of the molecule is CNCc1ccc(Oc2ccccc2Br)c(C)c1. The molecule has 0 amide bonds. The maximum Gasteiger partial charge on any atom is 0.141 e. The summed E-state index contributed by atoms with van der Waals surface area (Å²) in [7, 11) is 1.95. The lowest BCUT2D eigenvalue weighted by Crippen LogP contribution is -2.05. The number of aryl methyl sites for hydroxylation is 1. The fourth-order valence-electron chi connectivity index (χ4n) is 1.79. The van der Waals surface area contributed by atoms with Crippen molar-refractivity contribution in [2.45, 2.75) is 13.5 Å². The molecule has 2 nitrogen and oxygen atoms in total. The van der Waals surface area contributed by atoms with Crippen molar-refractivity contribution < 1.29 is 4.74 Å². The van der Waals surface area contributed by atoms with Gasteiger partial charge in [-0.25, -0.2) is 0 Å². The summed E-state index contributed by atoms with van der Waals surface area (Å²) in [6.45, 7) is 2.93. The number of halogens is 1. The van der Waals surface area contributed by atoms with Gasteiger partial charge in [-0.05, 0) is 59.2 Å². The van der Waals surface area contributed by atoms with Gasteiger partial charge in [-0.15, -0.1) is 0 Å². The van der Waals surface area contributed by atoms with Crippen molar-refractivity contribution in [3.05, 3.63) is 58.1 Å². The van der Waals surface area contributed by atoms with Crippen LogP contribution in [0.2, 0.25) is 0 Å². The van der Waals surface area contributed by atoms with Crippen LogP contribution >= 0.6 is 15.9 Å². The molecule has 0 saturated carbocycles. The topological polar surface area (TPSA) is 21.3 Å². The predicted molar refractivity (Wildman–Crippen MR) is 78.2 cm³/mol. The third-order valence-corrected chi connectivity index (χ3v) is 3.33. The Balaban J connectivity index is 2.22. The molecule has 0 bridgehead atoms. The van der Waals surface area contributed by atoms with Crippen LogP contribution in [-0.4, -0.2) is 7.05 Å². The average molecular weight is 306 g/mol. The molecule has 0 atom stereocenters. The van der Waals surface area contributed by atoms with Crippen molar-refractivity contribution in [3.8, 4) is 11.5 Å². The average Bonchev–Trinajstić information content (AvgIpc) is 2.35. The third-order valence-electron chi connectivity index (χ3n) is 2.68. The van der Waals surface area contributed by atoms with Crippen LogP contribution in [0.4, 0.5) is 0 Å². The Morgan fingerprint density at radius 1 is 1.11 bits per heavy atom. The Kier molecular flexibility index (Phi) is 4.39. The lowest BCUT2D eigenvalue weighted by Gasteiger charge is -2.11. The predicted octanol–water partition coefficient (Wildman–Crippen LogP) is 4.27. The summed E-state index contributed by atoms with van der Waals surface area (Å²) in [6, 6.07) is 14.1. The van der Waals surface area contributed by atoms with Gasteiger partial charge in [0.05, 0.1) is 4.47 Å². The fraction of sp³-hybridized carbons (Fsp3) is 0.200. The van der Waals surface area contributed by atoms with Gasteiger partial charge in [0, 0.05) is 6.54 Å². The smallest absolute Gasteiger partial charge is 0.141 e. The molecule has 0 saturated heterocycles. The third kappa shape index (κ3) is 3.12. The number of nitrogens with one attached hydrogen (secondary N) is 1. The largest absolute Gasteiger partial charge is 0.456 e. The van der Waals surface area contributed by atoms with E-state index in [1.54, 1.807) is 0 Å². The van der Waals surface area contributed by atoms with Gasteiger partial charge >= 0.3 is 0 Å². The second-order valence-electron chi connectivity index (χ2n) is 4.16. The van der Waals surface area contributed by atoms with Crippen LogP contribution < -0.4 is 10.1 Å². The number of benzene rings is 2. The molecular formula is C15H16BrNO. The van der Waals surface area contributed by atoms with Crippen molar-refractivity contribution >= 4 is 15.9 Å². The summed E-state index contributed by atoms with van der Waals surface area (Å²) in [4.78, 5) is 0. The second-order valence-corrected chi connectivity index (χ2v) is 5.02. The fourth-order valence-corrected chi connectivity index (χ4v) is 2.15.